The zero-order valence-electron chi connectivity index (χ0n) is 10.4. The molecule has 0 aromatic heterocycles. The summed E-state index contributed by atoms with van der Waals surface area (Å²) in [6, 6.07) is 5.44. The smallest absolute Gasteiger partial charge is 0.305 e. The number of hydrogen-bond acceptors (Lipinski definition) is 3. The highest BCUT2D eigenvalue weighted by Gasteiger charge is 2.02. The average molecular weight is 328 g/mol. The maximum Gasteiger partial charge on any atom is 0.305 e. The molecule has 0 unspecified atom stereocenters. The van der Waals surface area contributed by atoms with Crippen LogP contribution < -0.4 is 10.1 Å². The van der Waals surface area contributed by atoms with E-state index in [1.807, 2.05) is 12.1 Å². The number of ether oxygens (including phenoxy) is 1. The minimum Gasteiger partial charge on any atom is -0.496 e. The predicted molar refractivity (Wildman–Crippen MR) is 75.0 cm³/mol. The molecule has 1 aromatic rings. The van der Waals surface area contributed by atoms with Gasteiger partial charge in [0.25, 0.3) is 0 Å². The summed E-state index contributed by atoms with van der Waals surface area (Å²) in [6.07, 6.45) is 2.85. The van der Waals surface area contributed by atoms with E-state index in [1.165, 1.54) is 6.08 Å². The fourth-order valence-electron chi connectivity index (χ4n) is 1.35. The molecule has 102 valence electrons. The van der Waals surface area contributed by atoms with Crippen LogP contribution in [0.25, 0.3) is 6.08 Å². The average Bonchev–Trinajstić information content (AvgIpc) is 2.36. The van der Waals surface area contributed by atoms with Crippen molar-refractivity contribution in [3.05, 3.63) is 34.3 Å². The van der Waals surface area contributed by atoms with Gasteiger partial charge in [-0.15, -0.1) is 0 Å². The third-order valence-corrected chi connectivity index (χ3v) is 2.74. The zero-order valence-corrected chi connectivity index (χ0v) is 11.9. The molecule has 0 aliphatic rings. The molecule has 0 aliphatic carbocycles. The van der Waals surface area contributed by atoms with Gasteiger partial charge in [0, 0.05) is 22.7 Å². The van der Waals surface area contributed by atoms with Crippen molar-refractivity contribution in [3.8, 4) is 5.75 Å². The van der Waals surface area contributed by atoms with E-state index in [9.17, 15) is 9.59 Å². The van der Waals surface area contributed by atoms with Crippen LogP contribution in [0.2, 0.25) is 0 Å². The normalized spacial score (nSPS) is 10.4. The van der Waals surface area contributed by atoms with Gasteiger partial charge >= 0.3 is 5.97 Å². The van der Waals surface area contributed by atoms with E-state index in [0.29, 0.717) is 5.75 Å². The number of benzene rings is 1. The Balaban J connectivity index is 2.62. The molecular formula is C13H14BrNO4. The van der Waals surface area contributed by atoms with Gasteiger partial charge in [-0.2, -0.15) is 0 Å². The summed E-state index contributed by atoms with van der Waals surface area (Å²) < 4.78 is 6.04. The van der Waals surface area contributed by atoms with Crippen molar-refractivity contribution in [1.82, 2.24) is 5.32 Å². The van der Waals surface area contributed by atoms with Crippen LogP contribution in [0.3, 0.4) is 0 Å². The second-order valence-electron chi connectivity index (χ2n) is 3.65. The number of carbonyl (C=O) groups is 2. The van der Waals surface area contributed by atoms with E-state index < -0.39 is 5.97 Å². The lowest BCUT2D eigenvalue weighted by atomic mass is 10.2. The summed E-state index contributed by atoms with van der Waals surface area (Å²) >= 11 is 3.34. The van der Waals surface area contributed by atoms with Gasteiger partial charge in [0.05, 0.1) is 13.5 Å². The van der Waals surface area contributed by atoms with Crippen molar-refractivity contribution in [2.75, 3.05) is 13.7 Å². The van der Waals surface area contributed by atoms with E-state index in [2.05, 4.69) is 21.2 Å². The number of rotatable bonds is 6. The highest BCUT2D eigenvalue weighted by molar-refractivity contribution is 9.10. The van der Waals surface area contributed by atoms with Crippen LogP contribution in [0.1, 0.15) is 12.0 Å². The number of amides is 1. The molecule has 0 heterocycles. The van der Waals surface area contributed by atoms with E-state index in [4.69, 9.17) is 9.84 Å². The van der Waals surface area contributed by atoms with Crippen molar-refractivity contribution in [2.45, 2.75) is 6.42 Å². The van der Waals surface area contributed by atoms with Gasteiger partial charge < -0.3 is 15.2 Å². The van der Waals surface area contributed by atoms with Gasteiger partial charge in [0.2, 0.25) is 5.91 Å². The van der Waals surface area contributed by atoms with E-state index in [0.717, 1.165) is 10.0 Å². The largest absolute Gasteiger partial charge is 0.496 e. The highest BCUT2D eigenvalue weighted by Crippen LogP contribution is 2.23. The Morgan fingerprint density at radius 3 is 2.84 bits per heavy atom. The topological polar surface area (TPSA) is 75.6 Å². The first kappa shape index (κ1) is 15.2. The lowest BCUT2D eigenvalue weighted by Crippen LogP contribution is -2.23. The molecule has 5 nitrogen and oxygen atoms in total. The van der Waals surface area contributed by atoms with Crippen LogP contribution in [-0.2, 0) is 9.59 Å². The first-order valence-corrected chi connectivity index (χ1v) is 6.33. The number of hydrogen-bond donors (Lipinski definition) is 2. The lowest BCUT2D eigenvalue weighted by molar-refractivity contribution is -0.136. The van der Waals surface area contributed by atoms with Crippen LogP contribution in [0.5, 0.6) is 5.75 Å². The Hall–Kier alpha value is -1.82. The van der Waals surface area contributed by atoms with Crippen molar-refractivity contribution in [3.63, 3.8) is 0 Å². The van der Waals surface area contributed by atoms with Crippen LogP contribution >= 0.6 is 15.9 Å². The standard InChI is InChI=1S/C13H14BrNO4/c1-19-11-4-3-10(14)8-9(11)2-5-12(16)15-7-6-13(17)18/h2-5,8H,6-7H2,1H3,(H,15,16)(H,17,18)/b5-2+. The molecule has 1 aromatic carbocycles. The number of carboxylic acids is 1. The molecule has 6 heteroatoms. The first-order valence-electron chi connectivity index (χ1n) is 5.54. The van der Waals surface area contributed by atoms with Crippen molar-refractivity contribution < 1.29 is 19.4 Å². The van der Waals surface area contributed by atoms with Crippen molar-refractivity contribution in [1.29, 1.82) is 0 Å². The maximum absolute atomic E-state index is 11.4. The third kappa shape index (κ3) is 5.56. The van der Waals surface area contributed by atoms with Crippen molar-refractivity contribution in [2.24, 2.45) is 0 Å². The molecule has 0 saturated heterocycles. The number of carboxylic acid groups (broad SMARTS) is 1. The van der Waals surface area contributed by atoms with E-state index >= 15 is 0 Å². The number of carbonyl (C=O) groups excluding carboxylic acids is 1. The van der Waals surface area contributed by atoms with Crippen LogP contribution in [0.4, 0.5) is 0 Å². The summed E-state index contributed by atoms with van der Waals surface area (Å²) in [5, 5.41) is 10.9. The summed E-state index contributed by atoms with van der Waals surface area (Å²) in [5.41, 5.74) is 0.755. The van der Waals surface area contributed by atoms with Gasteiger partial charge in [-0.05, 0) is 24.3 Å². The fourth-order valence-corrected chi connectivity index (χ4v) is 1.73. The van der Waals surface area contributed by atoms with Crippen LogP contribution in [0, 0.1) is 0 Å². The Bertz CT molecular complexity index is 499. The molecule has 0 radical (unpaired) electrons. The third-order valence-electron chi connectivity index (χ3n) is 2.24. The quantitative estimate of drug-likeness (QED) is 0.784. The Morgan fingerprint density at radius 2 is 2.21 bits per heavy atom. The molecule has 19 heavy (non-hydrogen) atoms. The zero-order chi connectivity index (χ0) is 14.3. The second-order valence-corrected chi connectivity index (χ2v) is 4.57. The first-order chi connectivity index (χ1) is 9.02. The van der Waals surface area contributed by atoms with Gasteiger partial charge in [0.1, 0.15) is 5.75 Å². The molecule has 0 aliphatic heterocycles. The summed E-state index contributed by atoms with van der Waals surface area (Å²) in [6.45, 7) is 0.105. The molecular weight excluding hydrogens is 314 g/mol. The summed E-state index contributed by atoms with van der Waals surface area (Å²) in [5.74, 6) is -0.640. The molecule has 0 bridgehead atoms. The lowest BCUT2D eigenvalue weighted by Gasteiger charge is -2.05. The Labute approximate surface area is 119 Å². The molecule has 1 amide bonds. The molecule has 0 fully saturated rings. The van der Waals surface area contributed by atoms with Crippen LogP contribution in [0.15, 0.2) is 28.7 Å². The SMILES string of the molecule is COc1ccc(Br)cc1/C=C/C(=O)NCCC(=O)O. The van der Waals surface area contributed by atoms with Gasteiger partial charge in [0.15, 0.2) is 0 Å². The van der Waals surface area contributed by atoms with Crippen molar-refractivity contribution >= 4 is 33.9 Å². The monoisotopic (exact) mass is 327 g/mol. The minimum absolute atomic E-state index is 0.0974. The van der Waals surface area contributed by atoms with E-state index in [1.54, 1.807) is 19.3 Å². The molecule has 0 spiro atoms. The van der Waals surface area contributed by atoms with Gasteiger partial charge in [-0.3, -0.25) is 9.59 Å². The number of halogens is 1. The highest BCUT2D eigenvalue weighted by atomic mass is 79.9. The Kier molecular flexibility index (Phi) is 6.08. The predicted octanol–water partition coefficient (Wildman–Crippen LogP) is 2.06. The fraction of sp³-hybridized carbons (Fsp3) is 0.231. The van der Waals surface area contributed by atoms with Gasteiger partial charge in [-0.1, -0.05) is 15.9 Å². The second kappa shape index (κ2) is 7.58. The van der Waals surface area contributed by atoms with Gasteiger partial charge in [-0.25, -0.2) is 0 Å². The molecule has 0 atom stereocenters. The molecule has 1 rings (SSSR count). The molecule has 2 N–H and O–H groups in total. The minimum atomic E-state index is -0.946. The summed E-state index contributed by atoms with van der Waals surface area (Å²) in [4.78, 5) is 21.7. The number of methoxy groups -OCH3 is 1. The van der Waals surface area contributed by atoms with Crippen LogP contribution in [-0.4, -0.2) is 30.6 Å². The Morgan fingerprint density at radius 1 is 1.47 bits per heavy atom. The number of nitrogens with one attached hydrogen (secondary N) is 1. The summed E-state index contributed by atoms with van der Waals surface area (Å²) in [7, 11) is 1.55. The van der Waals surface area contributed by atoms with E-state index in [-0.39, 0.29) is 18.9 Å². The number of aliphatic carboxylic acids is 1. The molecule has 0 saturated carbocycles. The maximum atomic E-state index is 11.4.